The molecule has 2 N–H and O–H groups in total. The third-order valence-electron chi connectivity index (χ3n) is 6.05. The van der Waals surface area contributed by atoms with Crippen molar-refractivity contribution in [3.8, 4) is 22.7 Å². The Morgan fingerprint density at radius 3 is 2.52 bits per heavy atom. The fourth-order valence-electron chi connectivity index (χ4n) is 4.33. The summed E-state index contributed by atoms with van der Waals surface area (Å²) in [7, 11) is 1.62. The Morgan fingerprint density at radius 1 is 1.13 bits per heavy atom. The molecule has 31 heavy (non-hydrogen) atoms. The average Bonchev–Trinajstić information content (AvgIpc) is 3.42. The van der Waals surface area contributed by atoms with Crippen molar-refractivity contribution in [3.63, 3.8) is 0 Å². The lowest BCUT2D eigenvalue weighted by molar-refractivity contribution is -0.886. The van der Waals surface area contributed by atoms with E-state index in [2.05, 4.69) is 5.32 Å². The minimum absolute atomic E-state index is 0.124. The molecule has 0 aliphatic carbocycles. The van der Waals surface area contributed by atoms with Gasteiger partial charge in [0, 0.05) is 18.5 Å². The van der Waals surface area contributed by atoms with E-state index in [-0.39, 0.29) is 11.7 Å². The zero-order valence-electron chi connectivity index (χ0n) is 18.1. The number of amides is 1. The Bertz CT molecular complexity index is 1050. The van der Waals surface area contributed by atoms with Crippen LogP contribution in [-0.4, -0.2) is 43.8 Å². The van der Waals surface area contributed by atoms with E-state index in [1.165, 1.54) is 32.0 Å². The van der Waals surface area contributed by atoms with E-state index in [1.807, 2.05) is 41.8 Å². The second-order valence-corrected chi connectivity index (χ2v) is 8.01. The first-order valence-electron chi connectivity index (χ1n) is 10.8. The number of carbonyl (C=O) groups is 1. The molecule has 4 rings (SSSR count). The highest BCUT2D eigenvalue weighted by Gasteiger charge is 2.22. The van der Waals surface area contributed by atoms with E-state index in [0.29, 0.717) is 23.5 Å². The third-order valence-corrected chi connectivity index (χ3v) is 6.05. The number of benzene rings is 2. The largest absolute Gasteiger partial charge is 0.497 e. The molecule has 1 saturated heterocycles. The molecule has 0 unspecified atom stereocenters. The highest BCUT2D eigenvalue weighted by Crippen LogP contribution is 2.31. The zero-order chi connectivity index (χ0) is 21.8. The minimum atomic E-state index is -0.333. The number of hydrogen-bond acceptors (Lipinski definition) is 2. The molecule has 1 aliphatic heterocycles. The van der Waals surface area contributed by atoms with E-state index in [1.54, 1.807) is 30.2 Å². The van der Waals surface area contributed by atoms with Crippen LogP contribution >= 0.6 is 0 Å². The SMILES string of the molecule is COc1ccc(-c2cc(C(=O)NCC[NH+]3CCCC3)c(C)n2-c2ccccc2F)cc1. The Kier molecular flexibility index (Phi) is 6.37. The van der Waals surface area contributed by atoms with Crippen LogP contribution in [0.1, 0.15) is 28.9 Å². The van der Waals surface area contributed by atoms with Gasteiger partial charge in [-0.1, -0.05) is 12.1 Å². The quantitative estimate of drug-likeness (QED) is 0.615. The second-order valence-electron chi connectivity index (χ2n) is 8.01. The highest BCUT2D eigenvalue weighted by molar-refractivity contribution is 5.97. The van der Waals surface area contributed by atoms with Crippen LogP contribution in [0, 0.1) is 12.7 Å². The Hall–Kier alpha value is -3.12. The van der Waals surface area contributed by atoms with Gasteiger partial charge < -0.3 is 19.5 Å². The summed E-state index contributed by atoms with van der Waals surface area (Å²) in [5.41, 5.74) is 3.34. The number of ether oxygens (including phenoxy) is 1. The molecular formula is C25H29FN3O2+. The minimum Gasteiger partial charge on any atom is -0.497 e. The van der Waals surface area contributed by atoms with E-state index < -0.39 is 0 Å². The van der Waals surface area contributed by atoms with E-state index in [0.717, 1.165) is 23.6 Å². The summed E-state index contributed by atoms with van der Waals surface area (Å²) in [4.78, 5) is 14.5. The molecule has 2 heterocycles. The summed E-state index contributed by atoms with van der Waals surface area (Å²) in [6.45, 7) is 5.79. The lowest BCUT2D eigenvalue weighted by Crippen LogP contribution is -3.10. The molecular weight excluding hydrogens is 393 g/mol. The van der Waals surface area contributed by atoms with Crippen molar-refractivity contribution in [2.45, 2.75) is 19.8 Å². The van der Waals surface area contributed by atoms with E-state index in [9.17, 15) is 9.18 Å². The van der Waals surface area contributed by atoms with Gasteiger partial charge in [-0.2, -0.15) is 0 Å². The molecule has 0 saturated carbocycles. The number of likely N-dealkylation sites (tertiary alicyclic amines) is 1. The van der Waals surface area contributed by atoms with Crippen LogP contribution in [0.3, 0.4) is 0 Å². The van der Waals surface area contributed by atoms with Crippen LogP contribution in [-0.2, 0) is 0 Å². The molecule has 1 aromatic heterocycles. The van der Waals surface area contributed by atoms with Crippen LogP contribution in [0.4, 0.5) is 4.39 Å². The van der Waals surface area contributed by atoms with Gasteiger partial charge in [-0.25, -0.2) is 4.39 Å². The molecule has 0 spiro atoms. The van der Waals surface area contributed by atoms with Crippen molar-refractivity contribution in [2.75, 3.05) is 33.3 Å². The molecule has 1 amide bonds. The first-order chi connectivity index (χ1) is 15.1. The number of quaternary nitrogens is 1. The predicted octanol–water partition coefficient (Wildman–Crippen LogP) is 3.01. The maximum absolute atomic E-state index is 14.7. The third kappa shape index (κ3) is 4.49. The van der Waals surface area contributed by atoms with Crippen molar-refractivity contribution in [3.05, 3.63) is 71.7 Å². The van der Waals surface area contributed by atoms with Crippen molar-refractivity contribution in [1.29, 1.82) is 0 Å². The topological polar surface area (TPSA) is 47.7 Å². The number of nitrogens with one attached hydrogen (secondary N) is 2. The number of rotatable bonds is 7. The molecule has 162 valence electrons. The van der Waals surface area contributed by atoms with E-state index in [4.69, 9.17) is 4.74 Å². The number of hydrogen-bond donors (Lipinski definition) is 2. The maximum atomic E-state index is 14.7. The zero-order valence-corrected chi connectivity index (χ0v) is 18.1. The van der Waals surface area contributed by atoms with Gasteiger partial charge >= 0.3 is 0 Å². The van der Waals surface area contributed by atoms with Crippen LogP contribution in [0.2, 0.25) is 0 Å². The first-order valence-corrected chi connectivity index (χ1v) is 10.8. The van der Waals surface area contributed by atoms with E-state index >= 15 is 0 Å². The van der Waals surface area contributed by atoms with Crippen LogP contribution < -0.4 is 15.0 Å². The fraction of sp³-hybridized carbons (Fsp3) is 0.320. The lowest BCUT2D eigenvalue weighted by atomic mass is 10.1. The summed E-state index contributed by atoms with van der Waals surface area (Å²) in [5, 5.41) is 3.06. The van der Waals surface area contributed by atoms with Crippen molar-refractivity contribution < 1.29 is 18.8 Å². The molecule has 1 aliphatic rings. The van der Waals surface area contributed by atoms with Gasteiger partial charge in [0.25, 0.3) is 5.91 Å². The Morgan fingerprint density at radius 2 is 1.84 bits per heavy atom. The molecule has 6 heteroatoms. The van der Waals surface area contributed by atoms with Gasteiger partial charge in [-0.3, -0.25) is 4.79 Å². The second kappa shape index (κ2) is 9.35. The molecule has 0 bridgehead atoms. The van der Waals surface area contributed by atoms with Crippen molar-refractivity contribution >= 4 is 5.91 Å². The standard InChI is InChI=1S/C25H28FN3O2/c1-18-21(25(30)27-13-16-28-14-5-6-15-28)17-24(19-9-11-20(31-2)12-10-19)29(18)23-8-4-3-7-22(23)26/h3-4,7-12,17H,5-6,13-16H2,1-2H3,(H,27,30)/p+1. The Labute approximate surface area is 182 Å². The number of nitrogens with zero attached hydrogens (tertiary/aromatic N) is 1. The smallest absolute Gasteiger partial charge is 0.253 e. The van der Waals surface area contributed by atoms with Gasteiger partial charge in [0.15, 0.2) is 0 Å². The molecule has 0 radical (unpaired) electrons. The fourth-order valence-corrected chi connectivity index (χ4v) is 4.33. The number of para-hydroxylation sites is 1. The van der Waals surface area contributed by atoms with Crippen LogP contribution in [0.5, 0.6) is 5.75 Å². The van der Waals surface area contributed by atoms with Gasteiger partial charge in [0.1, 0.15) is 11.6 Å². The molecule has 2 aromatic carbocycles. The number of aromatic nitrogens is 1. The normalized spacial score (nSPS) is 14.0. The molecule has 5 nitrogen and oxygen atoms in total. The summed E-state index contributed by atoms with van der Waals surface area (Å²) in [6.07, 6.45) is 2.53. The monoisotopic (exact) mass is 422 g/mol. The molecule has 1 fully saturated rings. The summed E-state index contributed by atoms with van der Waals surface area (Å²) < 4.78 is 21.8. The van der Waals surface area contributed by atoms with Crippen molar-refractivity contribution in [1.82, 2.24) is 9.88 Å². The number of halogens is 1. The van der Waals surface area contributed by atoms with Gasteiger partial charge in [0.05, 0.1) is 50.2 Å². The Balaban J connectivity index is 1.67. The van der Waals surface area contributed by atoms with Gasteiger partial charge in [0.2, 0.25) is 0 Å². The average molecular weight is 423 g/mol. The van der Waals surface area contributed by atoms with Crippen LogP contribution in [0.15, 0.2) is 54.6 Å². The van der Waals surface area contributed by atoms with Crippen molar-refractivity contribution in [2.24, 2.45) is 0 Å². The maximum Gasteiger partial charge on any atom is 0.253 e. The summed E-state index contributed by atoms with van der Waals surface area (Å²) in [6, 6.07) is 16.0. The summed E-state index contributed by atoms with van der Waals surface area (Å²) in [5.74, 6) is 0.286. The highest BCUT2D eigenvalue weighted by atomic mass is 19.1. The molecule has 3 aromatic rings. The van der Waals surface area contributed by atoms with Gasteiger partial charge in [-0.05, 0) is 55.0 Å². The van der Waals surface area contributed by atoms with Crippen LogP contribution in [0.25, 0.3) is 16.9 Å². The predicted molar refractivity (Wildman–Crippen MR) is 120 cm³/mol. The summed E-state index contributed by atoms with van der Waals surface area (Å²) >= 11 is 0. The first kappa shape index (κ1) is 21.1. The number of carbonyl (C=O) groups excluding carboxylic acids is 1. The van der Waals surface area contributed by atoms with Gasteiger partial charge in [-0.15, -0.1) is 0 Å². The lowest BCUT2D eigenvalue weighted by Gasteiger charge is -2.14. The number of methoxy groups -OCH3 is 1. The molecule has 0 atom stereocenters.